The summed E-state index contributed by atoms with van der Waals surface area (Å²) in [7, 11) is 0. The van der Waals surface area contributed by atoms with Gasteiger partial charge >= 0.3 is 0 Å². The number of aliphatic hydroxyl groups excluding tert-OH is 2. The van der Waals surface area contributed by atoms with Gasteiger partial charge in [0.05, 0.1) is 17.7 Å². The van der Waals surface area contributed by atoms with E-state index >= 15 is 0 Å². The van der Waals surface area contributed by atoms with Crippen molar-refractivity contribution in [3.8, 4) is 0 Å². The third-order valence-electron chi connectivity index (χ3n) is 1.87. The quantitative estimate of drug-likeness (QED) is 0.685. The van der Waals surface area contributed by atoms with E-state index in [0.717, 1.165) is 10.5 Å². The van der Waals surface area contributed by atoms with Crippen LogP contribution in [0.4, 0.5) is 0 Å². The van der Waals surface area contributed by atoms with Crippen LogP contribution in [0.15, 0.2) is 23.1 Å². The van der Waals surface area contributed by atoms with Gasteiger partial charge in [-0.05, 0) is 17.7 Å². The van der Waals surface area contributed by atoms with Crippen molar-refractivity contribution < 1.29 is 10.2 Å². The summed E-state index contributed by atoms with van der Waals surface area (Å²) in [6.45, 7) is 0.232. The van der Waals surface area contributed by atoms with Crippen LogP contribution in [0.3, 0.4) is 0 Å². The van der Waals surface area contributed by atoms with E-state index in [1.807, 2.05) is 18.2 Å². The van der Waals surface area contributed by atoms with Crippen LogP contribution in [0.2, 0.25) is 5.02 Å². The van der Waals surface area contributed by atoms with Crippen LogP contribution in [0.1, 0.15) is 5.56 Å². The van der Waals surface area contributed by atoms with Crippen molar-refractivity contribution in [3.05, 3.63) is 28.8 Å². The molecule has 0 saturated carbocycles. The van der Waals surface area contributed by atoms with Gasteiger partial charge < -0.3 is 15.9 Å². The number of benzene rings is 1. The molecule has 0 aliphatic rings. The molecule has 0 radical (unpaired) electrons. The number of hydrogen-bond acceptors (Lipinski definition) is 4. The highest BCUT2D eigenvalue weighted by Gasteiger charge is 2.06. The Hall–Kier alpha value is -0.260. The minimum Gasteiger partial charge on any atom is -0.394 e. The molecule has 0 amide bonds. The van der Waals surface area contributed by atoms with E-state index in [4.69, 9.17) is 22.4 Å². The molecule has 0 spiro atoms. The van der Waals surface area contributed by atoms with E-state index < -0.39 is 6.10 Å². The maximum atomic E-state index is 9.18. The fraction of sp³-hybridized carbons (Fsp3) is 0.400. The van der Waals surface area contributed by atoms with Crippen molar-refractivity contribution in [2.24, 2.45) is 5.73 Å². The molecule has 1 unspecified atom stereocenters. The zero-order chi connectivity index (χ0) is 11.3. The predicted octanol–water partition coefficient (Wildman–Crippen LogP) is 1.24. The molecule has 3 nitrogen and oxygen atoms in total. The van der Waals surface area contributed by atoms with E-state index in [0.29, 0.717) is 17.3 Å². The van der Waals surface area contributed by atoms with Gasteiger partial charge in [-0.3, -0.25) is 0 Å². The molecule has 4 N–H and O–H groups in total. The maximum absolute atomic E-state index is 9.18. The van der Waals surface area contributed by atoms with Crippen molar-refractivity contribution in [1.82, 2.24) is 0 Å². The monoisotopic (exact) mass is 247 g/mol. The number of rotatable bonds is 5. The lowest BCUT2D eigenvalue weighted by Gasteiger charge is -2.08. The molecule has 0 heterocycles. The Bertz CT molecular complexity index is 322. The van der Waals surface area contributed by atoms with Crippen LogP contribution in [-0.2, 0) is 6.54 Å². The van der Waals surface area contributed by atoms with E-state index in [1.165, 1.54) is 11.8 Å². The van der Waals surface area contributed by atoms with Crippen LogP contribution in [0.5, 0.6) is 0 Å². The molecule has 5 heteroatoms. The second-order valence-corrected chi connectivity index (χ2v) is 4.59. The molecule has 0 aliphatic carbocycles. The molecule has 1 aromatic rings. The standard InChI is InChI=1S/C10H14ClNO2S/c11-9-3-7(4-12)1-2-10(9)15-6-8(14)5-13/h1-3,8,13-14H,4-6,12H2. The molecule has 15 heavy (non-hydrogen) atoms. The summed E-state index contributed by atoms with van der Waals surface area (Å²) < 4.78 is 0. The molecule has 0 aromatic heterocycles. The smallest absolute Gasteiger partial charge is 0.0864 e. The summed E-state index contributed by atoms with van der Waals surface area (Å²) in [4.78, 5) is 0.890. The lowest BCUT2D eigenvalue weighted by Crippen LogP contribution is -2.14. The Morgan fingerprint density at radius 1 is 1.47 bits per heavy atom. The van der Waals surface area contributed by atoms with Gasteiger partial charge in [0, 0.05) is 17.2 Å². The normalized spacial score (nSPS) is 12.8. The van der Waals surface area contributed by atoms with Gasteiger partial charge in [-0.2, -0.15) is 0 Å². The van der Waals surface area contributed by atoms with Crippen molar-refractivity contribution in [1.29, 1.82) is 0 Å². The summed E-state index contributed by atoms with van der Waals surface area (Å²) in [5.41, 5.74) is 6.45. The zero-order valence-corrected chi connectivity index (χ0v) is 9.76. The second-order valence-electron chi connectivity index (χ2n) is 3.12. The number of thioether (sulfide) groups is 1. The van der Waals surface area contributed by atoms with Gasteiger partial charge in [0.2, 0.25) is 0 Å². The maximum Gasteiger partial charge on any atom is 0.0864 e. The molecular formula is C10H14ClNO2S. The minimum atomic E-state index is -0.708. The Morgan fingerprint density at radius 3 is 2.73 bits per heavy atom. The number of halogens is 1. The van der Waals surface area contributed by atoms with E-state index in [9.17, 15) is 5.11 Å². The molecule has 1 aromatic carbocycles. The summed E-state index contributed by atoms with van der Waals surface area (Å²) in [6.07, 6.45) is -0.708. The van der Waals surface area contributed by atoms with Crippen molar-refractivity contribution in [2.45, 2.75) is 17.5 Å². The highest BCUT2D eigenvalue weighted by molar-refractivity contribution is 7.99. The van der Waals surface area contributed by atoms with Gasteiger partial charge in [-0.15, -0.1) is 11.8 Å². The van der Waals surface area contributed by atoms with Gasteiger partial charge in [-0.25, -0.2) is 0 Å². The van der Waals surface area contributed by atoms with Crippen LogP contribution >= 0.6 is 23.4 Å². The highest BCUT2D eigenvalue weighted by atomic mass is 35.5. The first-order valence-electron chi connectivity index (χ1n) is 4.57. The average molecular weight is 248 g/mol. The molecule has 0 bridgehead atoms. The SMILES string of the molecule is NCc1ccc(SCC(O)CO)c(Cl)c1. The Labute approximate surface area is 98.2 Å². The Morgan fingerprint density at radius 2 is 2.20 bits per heavy atom. The zero-order valence-electron chi connectivity index (χ0n) is 8.19. The molecule has 1 rings (SSSR count). The summed E-state index contributed by atoms with van der Waals surface area (Å²) in [5, 5.41) is 18.5. The Balaban J connectivity index is 2.62. The molecule has 0 fully saturated rings. The van der Waals surface area contributed by atoms with Crippen LogP contribution in [0, 0.1) is 0 Å². The van der Waals surface area contributed by atoms with Gasteiger partial charge in [0.1, 0.15) is 0 Å². The summed E-state index contributed by atoms with van der Waals surface area (Å²) in [6, 6.07) is 5.59. The van der Waals surface area contributed by atoms with Crippen LogP contribution in [-0.4, -0.2) is 28.7 Å². The first-order chi connectivity index (χ1) is 7.17. The average Bonchev–Trinajstić information content (AvgIpc) is 2.26. The Kier molecular flexibility index (Phi) is 5.42. The molecule has 0 saturated heterocycles. The topological polar surface area (TPSA) is 66.5 Å². The first-order valence-corrected chi connectivity index (χ1v) is 5.94. The third-order valence-corrected chi connectivity index (χ3v) is 3.52. The summed E-state index contributed by atoms with van der Waals surface area (Å²) >= 11 is 7.43. The lowest BCUT2D eigenvalue weighted by atomic mass is 10.2. The van der Waals surface area contributed by atoms with Gasteiger partial charge in [0.25, 0.3) is 0 Å². The van der Waals surface area contributed by atoms with Crippen LogP contribution < -0.4 is 5.73 Å². The van der Waals surface area contributed by atoms with Gasteiger partial charge in [-0.1, -0.05) is 17.7 Å². The fourth-order valence-electron chi connectivity index (χ4n) is 1.03. The minimum absolute atomic E-state index is 0.231. The molecule has 84 valence electrons. The second kappa shape index (κ2) is 6.35. The molecule has 0 aliphatic heterocycles. The first kappa shape index (κ1) is 12.8. The molecular weight excluding hydrogens is 234 g/mol. The summed E-state index contributed by atoms with van der Waals surface area (Å²) in [5.74, 6) is 0.429. The fourth-order valence-corrected chi connectivity index (χ4v) is 2.23. The van der Waals surface area contributed by atoms with Crippen LogP contribution in [0.25, 0.3) is 0 Å². The largest absolute Gasteiger partial charge is 0.394 e. The number of hydrogen-bond donors (Lipinski definition) is 3. The lowest BCUT2D eigenvalue weighted by molar-refractivity contribution is 0.113. The molecule has 1 atom stereocenters. The van der Waals surface area contributed by atoms with Crippen molar-refractivity contribution in [2.75, 3.05) is 12.4 Å². The van der Waals surface area contributed by atoms with Crippen molar-refractivity contribution in [3.63, 3.8) is 0 Å². The number of nitrogens with two attached hydrogens (primary N) is 1. The van der Waals surface area contributed by atoms with E-state index in [1.54, 1.807) is 0 Å². The predicted molar refractivity (Wildman–Crippen MR) is 63.2 cm³/mol. The van der Waals surface area contributed by atoms with Crippen molar-refractivity contribution >= 4 is 23.4 Å². The number of aliphatic hydroxyl groups is 2. The highest BCUT2D eigenvalue weighted by Crippen LogP contribution is 2.28. The third kappa shape index (κ3) is 4.01. The van der Waals surface area contributed by atoms with E-state index in [2.05, 4.69) is 0 Å². The van der Waals surface area contributed by atoms with E-state index in [-0.39, 0.29) is 6.61 Å². The van der Waals surface area contributed by atoms with Gasteiger partial charge in [0.15, 0.2) is 0 Å².